The van der Waals surface area contributed by atoms with Crippen LogP contribution in [0.2, 0.25) is 0 Å². The fourth-order valence-electron chi connectivity index (χ4n) is 2.40. The molecule has 1 aliphatic carbocycles. The van der Waals surface area contributed by atoms with E-state index in [0.29, 0.717) is 19.0 Å². The van der Waals surface area contributed by atoms with Crippen molar-refractivity contribution in [2.75, 3.05) is 26.7 Å². The van der Waals surface area contributed by atoms with Crippen LogP contribution in [0.4, 0.5) is 0 Å². The van der Waals surface area contributed by atoms with Crippen LogP contribution < -0.4 is 0 Å². The van der Waals surface area contributed by atoms with E-state index in [-0.39, 0.29) is 12.6 Å². The fourth-order valence-corrected chi connectivity index (χ4v) is 4.06. The summed E-state index contributed by atoms with van der Waals surface area (Å²) in [6.45, 7) is 1.09. The molecule has 1 unspecified atom stereocenters. The minimum absolute atomic E-state index is 0.0729. The summed E-state index contributed by atoms with van der Waals surface area (Å²) < 4.78 is 27.7. The first-order valence-corrected chi connectivity index (χ1v) is 7.79. The third-order valence-electron chi connectivity index (χ3n) is 3.69. The maximum atomic E-state index is 12.4. The van der Waals surface area contributed by atoms with Crippen LogP contribution in [0.15, 0.2) is 0 Å². The van der Waals surface area contributed by atoms with Gasteiger partial charge in [0.15, 0.2) is 0 Å². The number of aliphatic hydroxyl groups is 1. The lowest BCUT2D eigenvalue weighted by Gasteiger charge is -2.36. The first kappa shape index (κ1) is 13.3. The van der Waals surface area contributed by atoms with Crippen LogP contribution in [0.5, 0.6) is 0 Å². The van der Waals surface area contributed by atoms with Gasteiger partial charge in [0.05, 0.1) is 6.61 Å². The lowest BCUT2D eigenvalue weighted by atomic mass is 10.1. The van der Waals surface area contributed by atoms with E-state index in [0.717, 1.165) is 32.1 Å². The fraction of sp³-hybridized carbons (Fsp3) is 1.00. The SMILES string of the molecule is CN(CC1CC1)S(=O)(=O)N1CCCCC1CO. The van der Waals surface area contributed by atoms with Crippen LogP contribution in [0.25, 0.3) is 0 Å². The van der Waals surface area contributed by atoms with Crippen molar-refractivity contribution in [3.63, 3.8) is 0 Å². The van der Waals surface area contributed by atoms with Crippen LogP contribution in [0.1, 0.15) is 32.1 Å². The van der Waals surface area contributed by atoms with Crippen molar-refractivity contribution >= 4 is 10.2 Å². The Morgan fingerprint density at radius 2 is 2.00 bits per heavy atom. The van der Waals surface area contributed by atoms with Gasteiger partial charge < -0.3 is 5.11 Å². The quantitative estimate of drug-likeness (QED) is 0.781. The number of hydrogen-bond donors (Lipinski definition) is 1. The van der Waals surface area contributed by atoms with Crippen molar-refractivity contribution in [3.05, 3.63) is 0 Å². The molecule has 100 valence electrons. The van der Waals surface area contributed by atoms with Crippen molar-refractivity contribution in [2.24, 2.45) is 5.92 Å². The van der Waals surface area contributed by atoms with Crippen molar-refractivity contribution in [2.45, 2.75) is 38.1 Å². The van der Waals surface area contributed by atoms with E-state index >= 15 is 0 Å². The monoisotopic (exact) mass is 262 g/mol. The van der Waals surface area contributed by atoms with Crippen molar-refractivity contribution in [1.82, 2.24) is 8.61 Å². The molecule has 0 aromatic rings. The van der Waals surface area contributed by atoms with Gasteiger partial charge in [0, 0.05) is 26.2 Å². The molecule has 5 nitrogen and oxygen atoms in total. The van der Waals surface area contributed by atoms with Crippen molar-refractivity contribution in [3.8, 4) is 0 Å². The molecule has 2 aliphatic rings. The van der Waals surface area contributed by atoms with Gasteiger partial charge in [0.2, 0.25) is 0 Å². The lowest BCUT2D eigenvalue weighted by Crippen LogP contribution is -2.51. The Bertz CT molecular complexity index is 354. The molecule has 0 radical (unpaired) electrons. The van der Waals surface area contributed by atoms with Gasteiger partial charge >= 0.3 is 0 Å². The smallest absolute Gasteiger partial charge is 0.282 e. The standard InChI is InChI=1S/C11H22N2O3S/c1-12(8-10-5-6-10)17(15,16)13-7-3-2-4-11(13)9-14/h10-11,14H,2-9H2,1H3. The van der Waals surface area contributed by atoms with E-state index in [2.05, 4.69) is 0 Å². The molecule has 1 aliphatic heterocycles. The summed E-state index contributed by atoms with van der Waals surface area (Å²) in [5, 5.41) is 9.28. The Kier molecular flexibility index (Phi) is 4.07. The molecule has 1 saturated carbocycles. The minimum atomic E-state index is -3.37. The highest BCUT2D eigenvalue weighted by molar-refractivity contribution is 7.86. The highest BCUT2D eigenvalue weighted by Crippen LogP contribution is 2.31. The zero-order valence-corrected chi connectivity index (χ0v) is 11.2. The van der Waals surface area contributed by atoms with Gasteiger partial charge in [0.25, 0.3) is 10.2 Å². The molecule has 1 N–H and O–H groups in total. The normalized spacial score (nSPS) is 27.6. The number of aliphatic hydroxyl groups excluding tert-OH is 1. The molecule has 1 atom stereocenters. The summed E-state index contributed by atoms with van der Waals surface area (Å²) in [6.07, 6.45) is 4.95. The zero-order chi connectivity index (χ0) is 12.5. The van der Waals surface area contributed by atoms with Gasteiger partial charge in [0.1, 0.15) is 0 Å². The summed E-state index contributed by atoms with van der Waals surface area (Å²) in [7, 11) is -1.72. The summed E-state index contributed by atoms with van der Waals surface area (Å²) >= 11 is 0. The molecule has 1 saturated heterocycles. The Labute approximate surface area is 104 Å². The molecule has 2 fully saturated rings. The maximum Gasteiger partial charge on any atom is 0.282 e. The van der Waals surface area contributed by atoms with Crippen molar-refractivity contribution in [1.29, 1.82) is 0 Å². The van der Waals surface area contributed by atoms with Crippen LogP contribution in [-0.4, -0.2) is 54.9 Å². The van der Waals surface area contributed by atoms with Gasteiger partial charge in [-0.25, -0.2) is 0 Å². The molecule has 0 aromatic carbocycles. The Morgan fingerprint density at radius 1 is 1.29 bits per heavy atom. The van der Waals surface area contributed by atoms with Crippen LogP contribution in [-0.2, 0) is 10.2 Å². The number of piperidine rings is 1. The average molecular weight is 262 g/mol. The van der Waals surface area contributed by atoms with E-state index < -0.39 is 10.2 Å². The molecule has 0 amide bonds. The predicted octanol–water partition coefficient (Wildman–Crippen LogP) is 0.420. The van der Waals surface area contributed by atoms with E-state index in [1.807, 2.05) is 0 Å². The second kappa shape index (κ2) is 5.22. The zero-order valence-electron chi connectivity index (χ0n) is 10.4. The molecule has 6 heteroatoms. The maximum absolute atomic E-state index is 12.4. The summed E-state index contributed by atoms with van der Waals surface area (Å²) in [4.78, 5) is 0. The van der Waals surface area contributed by atoms with Crippen molar-refractivity contribution < 1.29 is 13.5 Å². The molecule has 0 spiro atoms. The van der Waals surface area contributed by atoms with E-state index in [1.54, 1.807) is 7.05 Å². The molecule has 0 bridgehead atoms. The van der Waals surface area contributed by atoms with E-state index in [9.17, 15) is 13.5 Å². The second-order valence-corrected chi connectivity index (χ2v) is 7.16. The molecule has 17 heavy (non-hydrogen) atoms. The van der Waals surface area contributed by atoms with E-state index in [1.165, 1.54) is 8.61 Å². The lowest BCUT2D eigenvalue weighted by molar-refractivity contribution is 0.149. The van der Waals surface area contributed by atoms with Crippen LogP contribution >= 0.6 is 0 Å². The predicted molar refractivity (Wildman–Crippen MR) is 65.7 cm³/mol. The Hall–Kier alpha value is -0.170. The number of nitrogens with zero attached hydrogens (tertiary/aromatic N) is 2. The molecular weight excluding hydrogens is 240 g/mol. The Balaban J connectivity index is 2.05. The summed E-state index contributed by atoms with van der Waals surface area (Å²) in [5.74, 6) is 0.548. The topological polar surface area (TPSA) is 60.9 Å². The van der Waals surface area contributed by atoms with Gasteiger partial charge in [-0.1, -0.05) is 6.42 Å². The summed E-state index contributed by atoms with van der Waals surface area (Å²) in [6, 6.07) is -0.226. The first-order chi connectivity index (χ1) is 8.05. The highest BCUT2D eigenvalue weighted by atomic mass is 32.2. The van der Waals surface area contributed by atoms with Gasteiger partial charge in [-0.2, -0.15) is 17.0 Å². The second-order valence-electron chi connectivity index (χ2n) is 5.17. The first-order valence-electron chi connectivity index (χ1n) is 6.39. The average Bonchev–Trinajstić information content (AvgIpc) is 3.12. The third kappa shape index (κ3) is 2.99. The number of hydrogen-bond acceptors (Lipinski definition) is 3. The van der Waals surface area contributed by atoms with Gasteiger partial charge in [-0.3, -0.25) is 0 Å². The summed E-state index contributed by atoms with van der Waals surface area (Å²) in [5.41, 5.74) is 0. The third-order valence-corrected chi connectivity index (χ3v) is 5.70. The van der Waals surface area contributed by atoms with Gasteiger partial charge in [-0.15, -0.1) is 0 Å². The highest BCUT2D eigenvalue weighted by Gasteiger charge is 2.36. The van der Waals surface area contributed by atoms with Gasteiger partial charge in [-0.05, 0) is 31.6 Å². The number of rotatable bonds is 5. The molecule has 0 aromatic heterocycles. The largest absolute Gasteiger partial charge is 0.395 e. The Morgan fingerprint density at radius 3 is 2.59 bits per heavy atom. The van der Waals surface area contributed by atoms with Crippen LogP contribution in [0.3, 0.4) is 0 Å². The van der Waals surface area contributed by atoms with E-state index in [4.69, 9.17) is 0 Å². The molecular formula is C11H22N2O3S. The molecule has 1 heterocycles. The minimum Gasteiger partial charge on any atom is -0.395 e. The van der Waals surface area contributed by atoms with Crippen LogP contribution in [0, 0.1) is 5.92 Å². The molecule has 2 rings (SSSR count).